The van der Waals surface area contributed by atoms with Crippen molar-refractivity contribution in [2.24, 2.45) is 0 Å². The molecule has 0 unspecified atom stereocenters. The van der Waals surface area contributed by atoms with Crippen LogP contribution >= 0.6 is 11.6 Å². The van der Waals surface area contributed by atoms with Crippen LogP contribution in [0.15, 0.2) is 83.7 Å². The molecular formula is C25H22ClFN4O2. The van der Waals surface area contributed by atoms with Crippen molar-refractivity contribution in [3.05, 3.63) is 111 Å². The van der Waals surface area contributed by atoms with Gasteiger partial charge in [0.05, 0.1) is 6.54 Å². The molecule has 1 heterocycles. The Kier molecular flexibility index (Phi) is 7.00. The van der Waals surface area contributed by atoms with E-state index in [1.165, 1.54) is 10.6 Å². The van der Waals surface area contributed by atoms with Crippen molar-refractivity contribution >= 4 is 17.5 Å². The highest BCUT2D eigenvalue weighted by atomic mass is 35.5. The van der Waals surface area contributed by atoms with E-state index in [0.29, 0.717) is 34.9 Å². The van der Waals surface area contributed by atoms with Crippen molar-refractivity contribution in [3.8, 4) is 11.4 Å². The van der Waals surface area contributed by atoms with E-state index in [-0.39, 0.29) is 19.0 Å². The summed E-state index contributed by atoms with van der Waals surface area (Å²) in [5, 5.41) is 7.74. The lowest BCUT2D eigenvalue weighted by molar-refractivity contribution is -0.121. The summed E-state index contributed by atoms with van der Waals surface area (Å²) < 4.78 is 16.7. The minimum absolute atomic E-state index is 0.0148. The molecule has 1 aromatic heterocycles. The van der Waals surface area contributed by atoms with Crippen LogP contribution in [0, 0.1) is 5.82 Å². The zero-order chi connectivity index (χ0) is 23.2. The normalized spacial score (nSPS) is 10.8. The molecule has 0 radical (unpaired) electrons. The van der Waals surface area contributed by atoms with E-state index in [0.717, 1.165) is 10.2 Å². The van der Waals surface area contributed by atoms with Crippen molar-refractivity contribution in [2.75, 3.05) is 6.54 Å². The van der Waals surface area contributed by atoms with Gasteiger partial charge in [-0.15, -0.1) is 5.10 Å². The summed E-state index contributed by atoms with van der Waals surface area (Å²) in [7, 11) is 0. The number of aromatic nitrogens is 3. The monoisotopic (exact) mass is 464 g/mol. The van der Waals surface area contributed by atoms with Gasteiger partial charge in [0.15, 0.2) is 5.82 Å². The third-order valence-electron chi connectivity index (χ3n) is 5.18. The van der Waals surface area contributed by atoms with Crippen LogP contribution in [-0.4, -0.2) is 26.8 Å². The maximum absolute atomic E-state index is 14.3. The Morgan fingerprint density at radius 2 is 1.67 bits per heavy atom. The van der Waals surface area contributed by atoms with Crippen molar-refractivity contribution in [1.29, 1.82) is 0 Å². The van der Waals surface area contributed by atoms with Gasteiger partial charge in [-0.1, -0.05) is 60.1 Å². The fourth-order valence-electron chi connectivity index (χ4n) is 3.48. The molecule has 1 N–H and O–H groups in total. The third kappa shape index (κ3) is 5.56. The maximum atomic E-state index is 14.3. The van der Waals surface area contributed by atoms with Gasteiger partial charge in [0.25, 0.3) is 0 Å². The van der Waals surface area contributed by atoms with Crippen LogP contribution in [-0.2, 0) is 24.3 Å². The first-order valence-corrected chi connectivity index (χ1v) is 10.9. The van der Waals surface area contributed by atoms with E-state index in [9.17, 15) is 14.0 Å². The van der Waals surface area contributed by atoms with E-state index in [1.54, 1.807) is 42.5 Å². The molecule has 168 valence electrons. The number of nitrogens with zero attached hydrogens (tertiary/aromatic N) is 3. The van der Waals surface area contributed by atoms with Crippen LogP contribution < -0.4 is 11.0 Å². The lowest BCUT2D eigenvalue weighted by atomic mass is 10.1. The van der Waals surface area contributed by atoms with Crippen LogP contribution in [0.2, 0.25) is 5.02 Å². The maximum Gasteiger partial charge on any atom is 0.347 e. The number of benzene rings is 3. The first-order valence-electron chi connectivity index (χ1n) is 10.5. The lowest BCUT2D eigenvalue weighted by Crippen LogP contribution is -2.34. The van der Waals surface area contributed by atoms with E-state index >= 15 is 0 Å². The summed E-state index contributed by atoms with van der Waals surface area (Å²) in [6, 6.07) is 22.9. The second-order valence-electron chi connectivity index (χ2n) is 7.53. The second kappa shape index (κ2) is 10.3. The molecule has 0 bridgehead atoms. The Hall–Kier alpha value is -3.71. The van der Waals surface area contributed by atoms with E-state index < -0.39 is 11.5 Å². The second-order valence-corrected chi connectivity index (χ2v) is 7.97. The van der Waals surface area contributed by atoms with Crippen LogP contribution in [0.1, 0.15) is 11.1 Å². The number of hydrogen-bond donors (Lipinski definition) is 1. The summed E-state index contributed by atoms with van der Waals surface area (Å²) >= 11 is 5.99. The average molecular weight is 465 g/mol. The first kappa shape index (κ1) is 22.5. The van der Waals surface area contributed by atoms with Crippen LogP contribution in [0.4, 0.5) is 4.39 Å². The Morgan fingerprint density at radius 1 is 0.970 bits per heavy atom. The van der Waals surface area contributed by atoms with Gasteiger partial charge in [-0.05, 0) is 42.3 Å². The molecule has 4 rings (SSSR count). The molecule has 6 nitrogen and oxygen atoms in total. The van der Waals surface area contributed by atoms with Crippen molar-refractivity contribution in [1.82, 2.24) is 19.7 Å². The molecule has 33 heavy (non-hydrogen) atoms. The van der Waals surface area contributed by atoms with Gasteiger partial charge in [0.2, 0.25) is 5.91 Å². The molecular weight excluding hydrogens is 443 g/mol. The SMILES string of the molecule is O=C(Cn1nc(-c2ccc(Cl)cc2)n(Cc2ccccc2F)c1=O)NCCc1ccccc1. The predicted molar refractivity (Wildman–Crippen MR) is 126 cm³/mol. The van der Waals surface area contributed by atoms with E-state index in [4.69, 9.17) is 11.6 Å². The number of carbonyl (C=O) groups excluding carboxylic acids is 1. The number of carbonyl (C=O) groups is 1. The number of amides is 1. The third-order valence-corrected chi connectivity index (χ3v) is 5.44. The molecule has 3 aromatic carbocycles. The smallest absolute Gasteiger partial charge is 0.347 e. The highest BCUT2D eigenvalue weighted by Gasteiger charge is 2.18. The van der Waals surface area contributed by atoms with E-state index in [2.05, 4.69) is 10.4 Å². The number of rotatable bonds is 8. The lowest BCUT2D eigenvalue weighted by Gasteiger charge is -2.07. The van der Waals surface area contributed by atoms with Gasteiger partial charge in [0.1, 0.15) is 12.4 Å². The fraction of sp³-hybridized carbons (Fsp3) is 0.160. The fourth-order valence-corrected chi connectivity index (χ4v) is 3.60. The van der Waals surface area contributed by atoms with E-state index in [1.807, 2.05) is 30.3 Å². The number of halogens is 2. The predicted octanol–water partition coefficient (Wildman–Crippen LogP) is 3.91. The summed E-state index contributed by atoms with van der Waals surface area (Å²) in [6.07, 6.45) is 0.680. The average Bonchev–Trinajstić information content (AvgIpc) is 3.11. The Bertz CT molecular complexity index is 1300. The molecule has 0 saturated carbocycles. The Morgan fingerprint density at radius 3 is 2.39 bits per heavy atom. The Labute approximate surface area is 195 Å². The van der Waals surface area contributed by atoms with Gasteiger partial charge < -0.3 is 5.32 Å². The number of hydrogen-bond acceptors (Lipinski definition) is 3. The highest BCUT2D eigenvalue weighted by Crippen LogP contribution is 2.20. The Balaban J connectivity index is 1.56. The molecule has 0 fully saturated rings. The molecule has 0 spiro atoms. The summed E-state index contributed by atoms with van der Waals surface area (Å²) in [5.74, 6) is -0.416. The van der Waals surface area contributed by atoms with Crippen molar-refractivity contribution in [3.63, 3.8) is 0 Å². The number of nitrogens with one attached hydrogen (secondary N) is 1. The summed E-state index contributed by atoms with van der Waals surface area (Å²) in [4.78, 5) is 25.6. The minimum Gasteiger partial charge on any atom is -0.354 e. The quantitative estimate of drug-likeness (QED) is 0.430. The molecule has 4 aromatic rings. The first-order chi connectivity index (χ1) is 16.0. The van der Waals surface area contributed by atoms with Crippen LogP contribution in [0.3, 0.4) is 0 Å². The van der Waals surface area contributed by atoms with Crippen LogP contribution in [0.5, 0.6) is 0 Å². The molecule has 0 atom stereocenters. The zero-order valence-electron chi connectivity index (χ0n) is 17.7. The van der Waals surface area contributed by atoms with Gasteiger partial charge in [0, 0.05) is 22.7 Å². The molecule has 0 aliphatic rings. The van der Waals surface area contributed by atoms with Crippen molar-refractivity contribution in [2.45, 2.75) is 19.5 Å². The zero-order valence-corrected chi connectivity index (χ0v) is 18.5. The molecule has 8 heteroatoms. The highest BCUT2D eigenvalue weighted by molar-refractivity contribution is 6.30. The van der Waals surface area contributed by atoms with Crippen molar-refractivity contribution < 1.29 is 9.18 Å². The molecule has 0 aliphatic carbocycles. The molecule has 0 saturated heterocycles. The van der Waals surface area contributed by atoms with Gasteiger partial charge in [-0.3, -0.25) is 9.36 Å². The molecule has 0 aliphatic heterocycles. The molecule has 1 amide bonds. The minimum atomic E-state index is -0.499. The standard InChI is InChI=1S/C25H22ClFN4O2/c26-21-12-10-19(11-13-21)24-29-31(17-23(32)28-15-14-18-6-2-1-3-7-18)25(33)30(24)16-20-8-4-5-9-22(20)27/h1-13H,14-17H2,(H,28,32). The summed E-state index contributed by atoms with van der Waals surface area (Å²) in [6.45, 7) is 0.190. The van der Waals surface area contributed by atoms with Crippen LogP contribution in [0.25, 0.3) is 11.4 Å². The van der Waals surface area contributed by atoms with Gasteiger partial charge >= 0.3 is 5.69 Å². The topological polar surface area (TPSA) is 68.9 Å². The van der Waals surface area contributed by atoms with Gasteiger partial charge in [-0.2, -0.15) is 0 Å². The van der Waals surface area contributed by atoms with Gasteiger partial charge in [-0.25, -0.2) is 13.9 Å². The largest absolute Gasteiger partial charge is 0.354 e. The summed E-state index contributed by atoms with van der Waals surface area (Å²) in [5.41, 5.74) is 1.59.